The molecular formula is C22H30N4O2. The Morgan fingerprint density at radius 3 is 2.86 bits per heavy atom. The average Bonchev–Trinajstić information content (AvgIpc) is 3.28. The molecule has 2 saturated heterocycles. The highest BCUT2D eigenvalue weighted by molar-refractivity contribution is 5.37. The van der Waals surface area contributed by atoms with E-state index in [1.807, 2.05) is 6.92 Å². The summed E-state index contributed by atoms with van der Waals surface area (Å²) in [6.07, 6.45) is 6.78. The van der Waals surface area contributed by atoms with Gasteiger partial charge in [-0.15, -0.1) is 0 Å². The van der Waals surface area contributed by atoms with Crippen LogP contribution in [0.5, 0.6) is 0 Å². The smallest absolute Gasteiger partial charge is 0.225 e. The molecule has 0 saturated carbocycles. The van der Waals surface area contributed by atoms with Gasteiger partial charge in [0, 0.05) is 49.3 Å². The fraction of sp³-hybridized carbons (Fsp3) is 0.636. The summed E-state index contributed by atoms with van der Waals surface area (Å²) >= 11 is 0. The molecule has 0 aliphatic carbocycles. The number of anilines is 1. The minimum atomic E-state index is 0.453. The van der Waals surface area contributed by atoms with Crippen molar-refractivity contribution < 1.29 is 9.15 Å². The molecule has 0 aromatic carbocycles. The molecule has 28 heavy (non-hydrogen) atoms. The number of furan rings is 1. The van der Waals surface area contributed by atoms with Crippen LogP contribution in [0.4, 0.5) is 5.95 Å². The van der Waals surface area contributed by atoms with Crippen LogP contribution in [0.1, 0.15) is 60.9 Å². The molecule has 3 aliphatic heterocycles. The first-order valence-corrected chi connectivity index (χ1v) is 10.7. The molecule has 3 aliphatic rings. The molecular weight excluding hydrogens is 352 g/mol. The number of ether oxygens (including phenoxy) is 1. The van der Waals surface area contributed by atoms with E-state index in [9.17, 15) is 0 Å². The minimum absolute atomic E-state index is 0.453. The summed E-state index contributed by atoms with van der Waals surface area (Å²) in [6.45, 7) is 8.73. The van der Waals surface area contributed by atoms with Crippen LogP contribution < -0.4 is 4.90 Å². The number of morpholine rings is 1. The standard InChI is InChI=1S/C22H30N4O2/c1-15(21-6-3-16(2)28-21)7-8-26-17-4-5-20(26)18-14-23-22(24-19(18)13-17)25-9-11-27-12-10-25/h3,6,14-15,17,20H,4-5,7-13H2,1-2H3. The maximum absolute atomic E-state index is 5.83. The first-order chi connectivity index (χ1) is 13.7. The summed E-state index contributed by atoms with van der Waals surface area (Å²) in [5.41, 5.74) is 2.63. The molecule has 0 amide bonds. The lowest BCUT2D eigenvalue weighted by molar-refractivity contribution is 0.122. The lowest BCUT2D eigenvalue weighted by Gasteiger charge is -2.36. The molecule has 2 fully saturated rings. The van der Waals surface area contributed by atoms with Gasteiger partial charge in [-0.25, -0.2) is 9.97 Å². The second-order valence-corrected chi connectivity index (χ2v) is 8.50. The molecule has 2 bridgehead atoms. The molecule has 6 nitrogen and oxygen atoms in total. The van der Waals surface area contributed by atoms with Gasteiger partial charge in [0.2, 0.25) is 5.95 Å². The Kier molecular flexibility index (Phi) is 4.85. The van der Waals surface area contributed by atoms with Crippen LogP contribution in [0.3, 0.4) is 0 Å². The van der Waals surface area contributed by atoms with Gasteiger partial charge in [0.25, 0.3) is 0 Å². The fourth-order valence-corrected chi connectivity index (χ4v) is 5.03. The highest BCUT2D eigenvalue weighted by Gasteiger charge is 2.40. The quantitative estimate of drug-likeness (QED) is 0.789. The monoisotopic (exact) mass is 382 g/mol. The summed E-state index contributed by atoms with van der Waals surface area (Å²) < 4.78 is 11.3. The van der Waals surface area contributed by atoms with Crippen molar-refractivity contribution in [1.29, 1.82) is 0 Å². The molecule has 2 aromatic rings. The topological polar surface area (TPSA) is 54.6 Å². The predicted octanol–water partition coefficient (Wildman–Crippen LogP) is 3.47. The van der Waals surface area contributed by atoms with Crippen LogP contribution in [0.15, 0.2) is 22.7 Å². The maximum atomic E-state index is 5.83. The van der Waals surface area contributed by atoms with Crippen molar-refractivity contribution >= 4 is 5.95 Å². The Hall–Kier alpha value is -1.92. The summed E-state index contributed by atoms with van der Waals surface area (Å²) in [6, 6.07) is 5.30. The Labute approximate surface area is 166 Å². The first-order valence-electron chi connectivity index (χ1n) is 10.7. The Bertz CT molecular complexity index is 830. The third-order valence-corrected chi connectivity index (χ3v) is 6.68. The van der Waals surface area contributed by atoms with E-state index < -0.39 is 0 Å². The number of hydrogen-bond acceptors (Lipinski definition) is 6. The van der Waals surface area contributed by atoms with Gasteiger partial charge in [0.15, 0.2) is 0 Å². The van der Waals surface area contributed by atoms with Crippen LogP contribution in [0.2, 0.25) is 0 Å². The number of aromatic nitrogens is 2. The van der Waals surface area contributed by atoms with E-state index in [4.69, 9.17) is 19.1 Å². The Morgan fingerprint density at radius 2 is 2.07 bits per heavy atom. The van der Waals surface area contributed by atoms with E-state index in [2.05, 4.69) is 35.1 Å². The van der Waals surface area contributed by atoms with Crippen molar-refractivity contribution in [2.45, 2.75) is 57.5 Å². The third-order valence-electron chi connectivity index (χ3n) is 6.68. The van der Waals surface area contributed by atoms with Gasteiger partial charge in [-0.3, -0.25) is 4.90 Å². The SMILES string of the molecule is Cc1ccc(C(C)CCN2C3CCC2c2cnc(N4CCOCC4)nc2C3)o1. The van der Waals surface area contributed by atoms with Gasteiger partial charge in [0.05, 0.1) is 18.9 Å². The van der Waals surface area contributed by atoms with Crippen LogP contribution in [0, 0.1) is 6.92 Å². The molecule has 5 rings (SSSR count). The largest absolute Gasteiger partial charge is 0.466 e. The van der Waals surface area contributed by atoms with E-state index in [0.717, 1.165) is 63.2 Å². The molecule has 6 heteroatoms. The lowest BCUT2D eigenvalue weighted by atomic mass is 9.97. The summed E-state index contributed by atoms with van der Waals surface area (Å²) in [4.78, 5) is 14.7. The number of fused-ring (bicyclic) bond motifs is 4. The number of aryl methyl sites for hydroxylation is 1. The van der Waals surface area contributed by atoms with Gasteiger partial charge < -0.3 is 14.1 Å². The first kappa shape index (κ1) is 18.1. The molecule has 3 atom stereocenters. The number of nitrogens with zero attached hydrogens (tertiary/aromatic N) is 4. The number of hydrogen-bond donors (Lipinski definition) is 0. The highest BCUT2D eigenvalue weighted by atomic mass is 16.5. The van der Waals surface area contributed by atoms with Gasteiger partial charge >= 0.3 is 0 Å². The second-order valence-electron chi connectivity index (χ2n) is 8.50. The van der Waals surface area contributed by atoms with E-state index in [1.54, 1.807) is 0 Å². The van der Waals surface area contributed by atoms with Gasteiger partial charge in [-0.05, 0) is 44.9 Å². The normalized spacial score (nSPS) is 25.7. The summed E-state index contributed by atoms with van der Waals surface area (Å²) in [7, 11) is 0. The van der Waals surface area contributed by atoms with Crippen LogP contribution in [0.25, 0.3) is 0 Å². The van der Waals surface area contributed by atoms with Crippen LogP contribution in [-0.4, -0.2) is 53.8 Å². The second kappa shape index (κ2) is 7.48. The van der Waals surface area contributed by atoms with Gasteiger partial charge in [0.1, 0.15) is 11.5 Å². The summed E-state index contributed by atoms with van der Waals surface area (Å²) in [5, 5.41) is 0. The molecule has 3 unspecified atom stereocenters. The molecule has 0 N–H and O–H groups in total. The van der Waals surface area contributed by atoms with Crippen molar-refractivity contribution in [2.24, 2.45) is 0 Å². The highest BCUT2D eigenvalue weighted by Crippen LogP contribution is 2.43. The molecule has 150 valence electrons. The van der Waals surface area contributed by atoms with Crippen molar-refractivity contribution in [2.75, 3.05) is 37.7 Å². The zero-order valence-corrected chi connectivity index (χ0v) is 16.9. The third kappa shape index (κ3) is 3.33. The molecule has 0 radical (unpaired) electrons. The van der Waals surface area contributed by atoms with Crippen LogP contribution >= 0.6 is 0 Å². The van der Waals surface area contributed by atoms with E-state index in [-0.39, 0.29) is 0 Å². The molecule has 0 spiro atoms. The van der Waals surface area contributed by atoms with Gasteiger partial charge in [-0.2, -0.15) is 0 Å². The summed E-state index contributed by atoms with van der Waals surface area (Å²) in [5.74, 6) is 3.45. The van der Waals surface area contributed by atoms with Gasteiger partial charge in [-0.1, -0.05) is 6.92 Å². The molecule has 5 heterocycles. The zero-order chi connectivity index (χ0) is 19.1. The average molecular weight is 383 g/mol. The number of rotatable bonds is 5. The van der Waals surface area contributed by atoms with Crippen LogP contribution in [-0.2, 0) is 11.2 Å². The minimum Gasteiger partial charge on any atom is -0.466 e. The van der Waals surface area contributed by atoms with Crippen molar-refractivity contribution in [3.8, 4) is 0 Å². The maximum Gasteiger partial charge on any atom is 0.225 e. The Morgan fingerprint density at radius 1 is 1.21 bits per heavy atom. The van der Waals surface area contributed by atoms with E-state index >= 15 is 0 Å². The van der Waals surface area contributed by atoms with Crippen molar-refractivity contribution in [3.05, 3.63) is 41.1 Å². The lowest BCUT2D eigenvalue weighted by Crippen LogP contribution is -2.40. The Balaban J connectivity index is 1.29. The van der Waals surface area contributed by atoms with Crippen molar-refractivity contribution in [1.82, 2.24) is 14.9 Å². The predicted molar refractivity (Wildman–Crippen MR) is 108 cm³/mol. The van der Waals surface area contributed by atoms with E-state index in [1.165, 1.54) is 24.1 Å². The fourth-order valence-electron chi connectivity index (χ4n) is 5.03. The zero-order valence-electron chi connectivity index (χ0n) is 16.9. The molecule has 2 aromatic heterocycles. The van der Waals surface area contributed by atoms with E-state index in [0.29, 0.717) is 18.0 Å². The van der Waals surface area contributed by atoms with Crippen molar-refractivity contribution in [3.63, 3.8) is 0 Å².